The smallest absolute Gasteiger partial charge is 0.138 e. The second kappa shape index (κ2) is 6.98. The van der Waals surface area contributed by atoms with Gasteiger partial charge in [-0.15, -0.1) is 0 Å². The number of aromatic nitrogens is 3. The predicted molar refractivity (Wildman–Crippen MR) is 101 cm³/mol. The molecule has 2 aliphatic rings. The number of rotatable bonds is 5. The Hall–Kier alpha value is -1.37. The van der Waals surface area contributed by atoms with E-state index in [1.807, 2.05) is 25.6 Å². The number of likely N-dealkylation sites (tertiary alicyclic amines) is 2. The van der Waals surface area contributed by atoms with E-state index >= 15 is 0 Å². The zero-order valence-electron chi connectivity index (χ0n) is 16.1. The Labute approximate surface area is 160 Å². The Bertz CT molecular complexity index is 779. The van der Waals surface area contributed by atoms with E-state index in [0.29, 0.717) is 12.1 Å². The number of hydrogen-bond acceptors (Lipinski definition) is 5. The maximum atomic E-state index is 6.52. The zero-order valence-corrected chi connectivity index (χ0v) is 16.9. The molecule has 0 amide bonds. The highest BCUT2D eigenvalue weighted by molar-refractivity contribution is 6.30. The molecule has 4 rings (SSSR count). The highest BCUT2D eigenvalue weighted by atomic mass is 35.5. The molecule has 0 aromatic carbocycles. The van der Waals surface area contributed by atoms with Gasteiger partial charge in [0.15, 0.2) is 0 Å². The molecule has 0 N–H and O–H groups in total. The third-order valence-electron chi connectivity index (χ3n) is 6.20. The molecule has 0 bridgehead atoms. The zero-order chi connectivity index (χ0) is 18.4. The molecule has 2 aliphatic heterocycles. The Morgan fingerprint density at radius 3 is 2.23 bits per heavy atom. The molecule has 0 radical (unpaired) electrons. The fourth-order valence-electron chi connectivity index (χ4n) is 4.73. The third-order valence-corrected chi connectivity index (χ3v) is 6.67. The SMILES string of the molecule is CCc1nn(C)c(Cl)c1CN1CC[C@H]2[C@@H]1CCN2Cc1c(C)noc1C. The highest BCUT2D eigenvalue weighted by Gasteiger charge is 2.43. The minimum atomic E-state index is 0.608. The standard InChI is InChI=1S/C19H28ClN5O/c1-5-16-15(19(20)23(4)21-16)11-25-9-7-17-18(25)6-8-24(17)10-14-12(2)22-26-13(14)3/h17-18H,5-11H2,1-4H3/t17-,18-/m0/s1. The molecule has 2 aromatic heterocycles. The molecule has 0 unspecified atom stereocenters. The van der Waals surface area contributed by atoms with Crippen LogP contribution in [-0.2, 0) is 26.6 Å². The van der Waals surface area contributed by atoms with Gasteiger partial charge in [0.2, 0.25) is 0 Å². The van der Waals surface area contributed by atoms with Crippen molar-refractivity contribution in [2.75, 3.05) is 13.1 Å². The quantitative estimate of drug-likeness (QED) is 0.801. The van der Waals surface area contributed by atoms with Crippen LogP contribution in [0.25, 0.3) is 0 Å². The lowest BCUT2D eigenvalue weighted by Gasteiger charge is -2.25. The normalized spacial score (nSPS) is 23.9. The van der Waals surface area contributed by atoms with Crippen molar-refractivity contribution < 1.29 is 4.52 Å². The van der Waals surface area contributed by atoms with Gasteiger partial charge in [-0.3, -0.25) is 14.5 Å². The van der Waals surface area contributed by atoms with Crippen LogP contribution < -0.4 is 0 Å². The summed E-state index contributed by atoms with van der Waals surface area (Å²) in [4.78, 5) is 5.23. The molecular weight excluding hydrogens is 350 g/mol. The first-order valence-corrected chi connectivity index (χ1v) is 9.97. The molecule has 4 heterocycles. The van der Waals surface area contributed by atoms with Crippen LogP contribution in [0, 0.1) is 13.8 Å². The van der Waals surface area contributed by atoms with Crippen LogP contribution in [0.2, 0.25) is 5.15 Å². The van der Waals surface area contributed by atoms with Crippen molar-refractivity contribution in [1.82, 2.24) is 24.7 Å². The molecule has 7 heteroatoms. The van der Waals surface area contributed by atoms with Crippen LogP contribution in [0.3, 0.4) is 0 Å². The van der Waals surface area contributed by atoms with Crippen LogP contribution in [0.1, 0.15) is 48.0 Å². The van der Waals surface area contributed by atoms with Crippen molar-refractivity contribution in [1.29, 1.82) is 0 Å². The van der Waals surface area contributed by atoms with Gasteiger partial charge in [0.25, 0.3) is 0 Å². The largest absolute Gasteiger partial charge is 0.361 e. The first kappa shape index (κ1) is 18.0. The van der Waals surface area contributed by atoms with Gasteiger partial charge in [-0.1, -0.05) is 23.7 Å². The summed E-state index contributed by atoms with van der Waals surface area (Å²) < 4.78 is 7.15. The second-order valence-corrected chi connectivity index (χ2v) is 8.01. The fraction of sp³-hybridized carbons (Fsp3) is 0.684. The van der Waals surface area contributed by atoms with Crippen LogP contribution >= 0.6 is 11.6 Å². The minimum absolute atomic E-state index is 0.608. The van der Waals surface area contributed by atoms with E-state index in [9.17, 15) is 0 Å². The van der Waals surface area contributed by atoms with Crippen molar-refractivity contribution in [2.45, 2.75) is 65.2 Å². The van der Waals surface area contributed by atoms with Gasteiger partial charge in [0.1, 0.15) is 10.9 Å². The molecule has 2 fully saturated rings. The third kappa shape index (κ3) is 2.98. The minimum Gasteiger partial charge on any atom is -0.361 e. The van der Waals surface area contributed by atoms with Gasteiger partial charge < -0.3 is 4.52 Å². The van der Waals surface area contributed by atoms with E-state index in [1.165, 1.54) is 24.0 Å². The molecule has 0 spiro atoms. The Balaban J connectivity index is 1.47. The Morgan fingerprint density at radius 1 is 1.08 bits per heavy atom. The maximum absolute atomic E-state index is 6.52. The van der Waals surface area contributed by atoms with Crippen molar-refractivity contribution in [2.24, 2.45) is 7.05 Å². The number of nitrogens with zero attached hydrogens (tertiary/aromatic N) is 5. The average molecular weight is 378 g/mol. The van der Waals surface area contributed by atoms with E-state index in [2.05, 4.69) is 27.0 Å². The average Bonchev–Trinajstić information content (AvgIpc) is 3.34. The molecule has 2 atom stereocenters. The monoisotopic (exact) mass is 377 g/mol. The summed E-state index contributed by atoms with van der Waals surface area (Å²) in [5, 5.41) is 9.47. The predicted octanol–water partition coefficient (Wildman–Crippen LogP) is 3.09. The Morgan fingerprint density at radius 2 is 1.69 bits per heavy atom. The van der Waals surface area contributed by atoms with Gasteiger partial charge in [0.05, 0.1) is 11.4 Å². The molecule has 0 aliphatic carbocycles. The lowest BCUT2D eigenvalue weighted by Crippen LogP contribution is -2.36. The van der Waals surface area contributed by atoms with Crippen LogP contribution in [0.5, 0.6) is 0 Å². The number of hydrogen-bond donors (Lipinski definition) is 0. The summed E-state index contributed by atoms with van der Waals surface area (Å²) in [6.45, 7) is 10.3. The van der Waals surface area contributed by atoms with E-state index in [1.54, 1.807) is 0 Å². The molecule has 26 heavy (non-hydrogen) atoms. The highest BCUT2D eigenvalue weighted by Crippen LogP contribution is 2.35. The van der Waals surface area contributed by atoms with Gasteiger partial charge in [0, 0.05) is 56.4 Å². The number of fused-ring (bicyclic) bond motifs is 1. The topological polar surface area (TPSA) is 50.3 Å². The molecule has 142 valence electrons. The van der Waals surface area contributed by atoms with Crippen LogP contribution in [0.4, 0.5) is 0 Å². The van der Waals surface area contributed by atoms with Crippen LogP contribution in [0.15, 0.2) is 4.52 Å². The molecule has 6 nitrogen and oxygen atoms in total. The van der Waals surface area contributed by atoms with Gasteiger partial charge >= 0.3 is 0 Å². The summed E-state index contributed by atoms with van der Waals surface area (Å²) >= 11 is 6.52. The van der Waals surface area contributed by atoms with E-state index in [-0.39, 0.29) is 0 Å². The maximum Gasteiger partial charge on any atom is 0.138 e. The van der Waals surface area contributed by atoms with Crippen molar-refractivity contribution in [3.05, 3.63) is 33.4 Å². The molecular formula is C19H28ClN5O. The summed E-state index contributed by atoms with van der Waals surface area (Å²) in [7, 11) is 1.93. The first-order valence-electron chi connectivity index (χ1n) is 9.59. The fourth-order valence-corrected chi connectivity index (χ4v) is 4.94. The lowest BCUT2D eigenvalue weighted by molar-refractivity contribution is 0.211. The number of aryl methyl sites for hydroxylation is 4. The van der Waals surface area contributed by atoms with Crippen molar-refractivity contribution in [3.8, 4) is 0 Å². The van der Waals surface area contributed by atoms with Crippen molar-refractivity contribution in [3.63, 3.8) is 0 Å². The first-order chi connectivity index (χ1) is 12.5. The van der Waals surface area contributed by atoms with E-state index in [4.69, 9.17) is 16.1 Å². The van der Waals surface area contributed by atoms with Crippen molar-refractivity contribution >= 4 is 11.6 Å². The second-order valence-electron chi connectivity index (χ2n) is 7.65. The lowest BCUT2D eigenvalue weighted by atomic mass is 10.1. The summed E-state index contributed by atoms with van der Waals surface area (Å²) in [5.74, 6) is 0.954. The number of halogens is 1. The Kier molecular flexibility index (Phi) is 4.84. The summed E-state index contributed by atoms with van der Waals surface area (Å²) in [5.41, 5.74) is 4.62. The molecule has 2 saturated heterocycles. The van der Waals surface area contributed by atoms with E-state index < -0.39 is 0 Å². The summed E-state index contributed by atoms with van der Waals surface area (Å²) in [6, 6.07) is 1.22. The molecule has 2 aromatic rings. The van der Waals surface area contributed by atoms with E-state index in [0.717, 1.165) is 54.9 Å². The molecule has 0 saturated carbocycles. The van der Waals surface area contributed by atoms with Gasteiger partial charge in [-0.2, -0.15) is 5.10 Å². The van der Waals surface area contributed by atoms with Gasteiger partial charge in [-0.05, 0) is 33.1 Å². The summed E-state index contributed by atoms with van der Waals surface area (Å²) in [6.07, 6.45) is 3.36. The van der Waals surface area contributed by atoms with Crippen LogP contribution in [-0.4, -0.2) is 49.9 Å². The van der Waals surface area contributed by atoms with Gasteiger partial charge in [-0.25, -0.2) is 0 Å².